The van der Waals surface area contributed by atoms with E-state index in [4.69, 9.17) is 10.5 Å². The Labute approximate surface area is 131 Å². The number of hydrogen-bond acceptors (Lipinski definition) is 5. The smallest absolute Gasteiger partial charge is 0.308 e. The third-order valence-electron chi connectivity index (χ3n) is 4.33. The Morgan fingerprint density at radius 1 is 1.27 bits per heavy atom. The fraction of sp³-hybridized carbons (Fsp3) is 0.800. The number of nitrogens with zero attached hydrogens (tertiary/aromatic N) is 1. The summed E-state index contributed by atoms with van der Waals surface area (Å²) in [6.45, 7) is 6.28. The highest BCUT2D eigenvalue weighted by molar-refractivity contribution is 5.87. The first-order valence-electron chi connectivity index (χ1n) is 7.74. The highest BCUT2D eigenvalue weighted by Gasteiger charge is 2.44. The zero-order chi connectivity index (χ0) is 16.9. The summed E-state index contributed by atoms with van der Waals surface area (Å²) in [6, 6.07) is -1.01. The lowest BCUT2D eigenvalue weighted by Crippen LogP contribution is -2.54. The molecule has 126 valence electrons. The summed E-state index contributed by atoms with van der Waals surface area (Å²) in [6.07, 6.45) is 0.921. The van der Waals surface area contributed by atoms with Crippen molar-refractivity contribution in [1.29, 1.82) is 0 Å². The second kappa shape index (κ2) is 8.12. The van der Waals surface area contributed by atoms with Crippen molar-refractivity contribution < 1.29 is 19.1 Å². The number of ether oxygens (including phenoxy) is 1. The van der Waals surface area contributed by atoms with Crippen molar-refractivity contribution in [2.45, 2.75) is 45.7 Å². The number of nitrogens with one attached hydrogen (secondary N) is 1. The maximum Gasteiger partial charge on any atom is 0.308 e. The van der Waals surface area contributed by atoms with E-state index in [1.165, 1.54) is 14.0 Å². The van der Waals surface area contributed by atoms with Crippen molar-refractivity contribution in [3.63, 3.8) is 0 Å². The lowest BCUT2D eigenvalue weighted by Gasteiger charge is -2.31. The van der Waals surface area contributed by atoms with Gasteiger partial charge in [0.15, 0.2) is 0 Å². The number of methoxy groups -OCH3 is 1. The van der Waals surface area contributed by atoms with Crippen molar-refractivity contribution in [1.82, 2.24) is 10.2 Å². The Morgan fingerprint density at radius 2 is 1.86 bits per heavy atom. The van der Waals surface area contributed by atoms with Crippen LogP contribution in [-0.4, -0.2) is 55.0 Å². The van der Waals surface area contributed by atoms with E-state index in [0.29, 0.717) is 25.9 Å². The first kappa shape index (κ1) is 18.4. The molecule has 0 aromatic rings. The summed E-state index contributed by atoms with van der Waals surface area (Å²) in [5, 5.41) is 2.72. The molecule has 0 heterocycles. The third kappa shape index (κ3) is 4.19. The van der Waals surface area contributed by atoms with Gasteiger partial charge < -0.3 is 20.7 Å². The quantitative estimate of drug-likeness (QED) is 0.666. The molecule has 0 saturated heterocycles. The van der Waals surface area contributed by atoms with Crippen molar-refractivity contribution in [2.75, 3.05) is 20.2 Å². The summed E-state index contributed by atoms with van der Waals surface area (Å²) >= 11 is 0. The average molecular weight is 313 g/mol. The average Bonchev–Trinajstić information content (AvgIpc) is 2.86. The number of likely N-dealkylation sites (N-methyl/N-ethyl adjacent to an activating group) is 1. The zero-order valence-corrected chi connectivity index (χ0v) is 13.8. The molecule has 1 saturated carbocycles. The van der Waals surface area contributed by atoms with E-state index >= 15 is 0 Å². The summed E-state index contributed by atoms with van der Waals surface area (Å²) in [4.78, 5) is 37.5. The zero-order valence-electron chi connectivity index (χ0n) is 13.8. The Hall–Kier alpha value is -1.63. The minimum Gasteiger partial charge on any atom is -0.469 e. The minimum atomic E-state index is -0.693. The second-order valence-electron chi connectivity index (χ2n) is 5.71. The van der Waals surface area contributed by atoms with Gasteiger partial charge in [-0.15, -0.1) is 0 Å². The predicted octanol–water partition coefficient (Wildman–Crippen LogP) is -0.114. The molecule has 7 heteroatoms. The number of amides is 2. The van der Waals surface area contributed by atoms with Crippen molar-refractivity contribution >= 4 is 17.8 Å². The Kier molecular flexibility index (Phi) is 6.80. The van der Waals surface area contributed by atoms with E-state index in [9.17, 15) is 14.4 Å². The van der Waals surface area contributed by atoms with Crippen LogP contribution in [0.1, 0.15) is 33.6 Å². The summed E-state index contributed by atoms with van der Waals surface area (Å²) < 4.78 is 4.76. The van der Waals surface area contributed by atoms with Gasteiger partial charge in [0, 0.05) is 32.0 Å². The molecule has 1 aliphatic rings. The van der Waals surface area contributed by atoms with E-state index in [1.54, 1.807) is 4.90 Å². The molecular weight excluding hydrogens is 286 g/mol. The molecule has 22 heavy (non-hydrogen) atoms. The van der Waals surface area contributed by atoms with Gasteiger partial charge in [-0.2, -0.15) is 0 Å². The predicted molar refractivity (Wildman–Crippen MR) is 81.7 cm³/mol. The first-order valence-corrected chi connectivity index (χ1v) is 7.74. The molecule has 1 rings (SSSR count). The fourth-order valence-electron chi connectivity index (χ4n) is 3.15. The normalized spacial score (nSPS) is 25.4. The molecule has 0 aromatic carbocycles. The number of esters is 1. The molecule has 7 nitrogen and oxygen atoms in total. The van der Waals surface area contributed by atoms with Gasteiger partial charge in [-0.25, -0.2) is 0 Å². The monoisotopic (exact) mass is 313 g/mol. The topological polar surface area (TPSA) is 102 Å². The summed E-state index contributed by atoms with van der Waals surface area (Å²) in [7, 11) is 1.34. The molecule has 0 aromatic heterocycles. The molecular formula is C15H27N3O4. The lowest BCUT2D eigenvalue weighted by atomic mass is 9.92. The van der Waals surface area contributed by atoms with E-state index < -0.39 is 6.04 Å². The molecule has 1 aliphatic carbocycles. The van der Waals surface area contributed by atoms with Crippen molar-refractivity contribution in [3.8, 4) is 0 Å². The molecule has 0 aliphatic heterocycles. The maximum atomic E-state index is 12.7. The Bertz CT molecular complexity index is 423. The van der Waals surface area contributed by atoms with Crippen LogP contribution in [0.25, 0.3) is 0 Å². The fourth-order valence-corrected chi connectivity index (χ4v) is 3.15. The minimum absolute atomic E-state index is 0.147. The number of carbonyl (C=O) groups excluding carboxylic acids is 3. The molecule has 0 radical (unpaired) electrons. The van der Waals surface area contributed by atoms with Gasteiger partial charge in [0.1, 0.15) is 6.04 Å². The van der Waals surface area contributed by atoms with E-state index in [2.05, 4.69) is 5.32 Å². The van der Waals surface area contributed by atoms with Gasteiger partial charge in [0.05, 0.1) is 13.0 Å². The molecule has 3 N–H and O–H groups in total. The van der Waals surface area contributed by atoms with Gasteiger partial charge in [-0.3, -0.25) is 14.4 Å². The SMILES string of the molecule is CCN(CC)C(=O)C(NC(C)=O)C1CC(C(=O)OC)CC1N. The van der Waals surface area contributed by atoms with Crippen LogP contribution in [0.2, 0.25) is 0 Å². The third-order valence-corrected chi connectivity index (χ3v) is 4.33. The highest BCUT2D eigenvalue weighted by Crippen LogP contribution is 2.33. The van der Waals surface area contributed by atoms with Crippen LogP contribution in [0.5, 0.6) is 0 Å². The summed E-state index contributed by atoms with van der Waals surface area (Å²) in [5.74, 6) is -1.31. The van der Waals surface area contributed by atoms with Gasteiger partial charge in [-0.05, 0) is 26.7 Å². The van der Waals surface area contributed by atoms with Crippen LogP contribution in [0.15, 0.2) is 0 Å². The van der Waals surface area contributed by atoms with E-state index in [0.717, 1.165) is 0 Å². The van der Waals surface area contributed by atoms with Crippen LogP contribution < -0.4 is 11.1 Å². The largest absolute Gasteiger partial charge is 0.469 e. The van der Waals surface area contributed by atoms with Crippen molar-refractivity contribution in [3.05, 3.63) is 0 Å². The Morgan fingerprint density at radius 3 is 2.32 bits per heavy atom. The molecule has 4 atom stereocenters. The van der Waals surface area contributed by atoms with Crippen LogP contribution in [0.4, 0.5) is 0 Å². The van der Waals surface area contributed by atoms with Crippen molar-refractivity contribution in [2.24, 2.45) is 17.6 Å². The van der Waals surface area contributed by atoms with Crippen LogP contribution in [0, 0.1) is 11.8 Å². The van der Waals surface area contributed by atoms with E-state index in [-0.39, 0.29) is 35.7 Å². The standard InChI is InChI=1S/C15H27N3O4/c1-5-18(6-2)14(20)13(17-9(3)19)11-7-10(8-12(11)16)15(21)22-4/h10-13H,5-8,16H2,1-4H3,(H,17,19). The Balaban J connectivity index is 2.94. The van der Waals surface area contributed by atoms with Gasteiger partial charge in [0.2, 0.25) is 11.8 Å². The highest BCUT2D eigenvalue weighted by atomic mass is 16.5. The number of nitrogens with two attached hydrogens (primary N) is 1. The molecule has 2 amide bonds. The summed E-state index contributed by atoms with van der Waals surface area (Å²) in [5.41, 5.74) is 6.13. The molecule has 0 spiro atoms. The second-order valence-corrected chi connectivity index (χ2v) is 5.71. The van der Waals surface area contributed by atoms with Gasteiger partial charge >= 0.3 is 5.97 Å². The number of hydrogen-bond donors (Lipinski definition) is 2. The van der Waals surface area contributed by atoms with Crippen LogP contribution in [0.3, 0.4) is 0 Å². The van der Waals surface area contributed by atoms with Crippen LogP contribution in [-0.2, 0) is 19.1 Å². The molecule has 0 bridgehead atoms. The van der Waals surface area contributed by atoms with Gasteiger partial charge in [0.25, 0.3) is 0 Å². The maximum absolute atomic E-state index is 12.7. The number of carbonyl (C=O) groups is 3. The molecule has 4 unspecified atom stereocenters. The van der Waals surface area contributed by atoms with Crippen LogP contribution >= 0.6 is 0 Å². The number of rotatable bonds is 6. The first-order chi connectivity index (χ1) is 10.3. The lowest BCUT2D eigenvalue weighted by molar-refractivity contribution is -0.145. The molecule has 1 fully saturated rings. The van der Waals surface area contributed by atoms with E-state index in [1.807, 2.05) is 13.8 Å². The van der Waals surface area contributed by atoms with Gasteiger partial charge in [-0.1, -0.05) is 0 Å².